The van der Waals surface area contributed by atoms with Crippen LogP contribution in [0.25, 0.3) is 22.2 Å². The van der Waals surface area contributed by atoms with Crippen LogP contribution in [0.3, 0.4) is 0 Å². The molecule has 1 amide bonds. The molecule has 0 radical (unpaired) electrons. The molecule has 2 heterocycles. The molecular formula is C37H38FN5O2. The number of nitrogens with zero attached hydrogens (tertiary/aromatic N) is 4. The fourth-order valence-corrected chi connectivity index (χ4v) is 6.98. The maximum absolute atomic E-state index is 13.4. The topological polar surface area (TPSA) is 62.6 Å². The smallest absolute Gasteiger partial charge is 0.408 e. The minimum atomic E-state index is -0.876. The van der Waals surface area contributed by atoms with Gasteiger partial charge in [0.1, 0.15) is 5.82 Å². The standard InChI is InChI=1S/C37H38FN5O2/c1-41-34-15-7-6-14-33(34)40-35(41)43-24-22-42(23-25-43)21-9-8-20-37(45-36(44)39-26-27-16-18-28(38)19-17-27)31-12-4-2-10-29(31)30-11-3-5-13-32(30)37/h2-7,10-19H,8-9,20-26H2,1H3,(H,39,44). The van der Waals surface area contributed by atoms with Gasteiger partial charge in [0.15, 0.2) is 5.60 Å². The number of piperazine rings is 1. The monoisotopic (exact) mass is 603 g/mol. The number of amides is 1. The van der Waals surface area contributed by atoms with Gasteiger partial charge in [-0.3, -0.25) is 4.90 Å². The lowest BCUT2D eigenvalue weighted by Crippen LogP contribution is -2.47. The first-order valence-electron chi connectivity index (χ1n) is 15.8. The average molecular weight is 604 g/mol. The molecule has 45 heavy (non-hydrogen) atoms. The van der Waals surface area contributed by atoms with Gasteiger partial charge in [0.25, 0.3) is 0 Å². The summed E-state index contributed by atoms with van der Waals surface area (Å²) in [5, 5.41) is 2.90. The molecule has 2 aliphatic rings. The van der Waals surface area contributed by atoms with Crippen molar-refractivity contribution >= 4 is 23.1 Å². The van der Waals surface area contributed by atoms with Gasteiger partial charge in [-0.1, -0.05) is 72.8 Å². The number of hydrogen-bond donors (Lipinski definition) is 1. The molecule has 0 atom stereocenters. The van der Waals surface area contributed by atoms with Gasteiger partial charge in [-0.05, 0) is 66.8 Å². The van der Waals surface area contributed by atoms with Crippen LogP contribution in [-0.4, -0.2) is 53.3 Å². The molecule has 4 aromatic carbocycles. The number of rotatable bonds is 9. The van der Waals surface area contributed by atoms with Crippen molar-refractivity contribution in [2.75, 3.05) is 37.6 Å². The van der Waals surface area contributed by atoms with Gasteiger partial charge in [0.2, 0.25) is 5.95 Å². The van der Waals surface area contributed by atoms with E-state index in [1.165, 1.54) is 12.1 Å². The lowest BCUT2D eigenvalue weighted by Gasteiger charge is -2.35. The number of carbonyl (C=O) groups is 1. The van der Waals surface area contributed by atoms with Gasteiger partial charge in [-0.25, -0.2) is 14.2 Å². The van der Waals surface area contributed by atoms with E-state index in [2.05, 4.69) is 69.2 Å². The Morgan fingerprint density at radius 2 is 1.49 bits per heavy atom. The van der Waals surface area contributed by atoms with E-state index in [0.717, 1.165) is 90.4 Å². The van der Waals surface area contributed by atoms with E-state index in [1.807, 2.05) is 30.3 Å². The van der Waals surface area contributed by atoms with Crippen molar-refractivity contribution in [3.63, 3.8) is 0 Å². The van der Waals surface area contributed by atoms with E-state index in [0.29, 0.717) is 6.42 Å². The van der Waals surface area contributed by atoms with Gasteiger partial charge >= 0.3 is 6.09 Å². The van der Waals surface area contributed by atoms with Gasteiger partial charge < -0.3 is 19.5 Å². The number of aromatic nitrogens is 2. The van der Waals surface area contributed by atoms with Crippen molar-refractivity contribution in [3.8, 4) is 11.1 Å². The highest BCUT2D eigenvalue weighted by atomic mass is 19.1. The number of unbranched alkanes of at least 4 members (excludes halogenated alkanes) is 1. The summed E-state index contributed by atoms with van der Waals surface area (Å²) in [6.45, 7) is 5.12. The molecule has 7 rings (SSSR count). The van der Waals surface area contributed by atoms with Crippen LogP contribution in [0.1, 0.15) is 36.0 Å². The summed E-state index contributed by atoms with van der Waals surface area (Å²) in [7, 11) is 2.09. The molecule has 0 saturated carbocycles. The number of hydrogen-bond acceptors (Lipinski definition) is 5. The third-order valence-corrected chi connectivity index (χ3v) is 9.30. The van der Waals surface area contributed by atoms with Crippen LogP contribution in [0, 0.1) is 5.82 Å². The molecule has 1 N–H and O–H groups in total. The van der Waals surface area contributed by atoms with Crippen LogP contribution < -0.4 is 10.2 Å². The summed E-state index contributed by atoms with van der Waals surface area (Å²) < 4.78 is 22.0. The number of nitrogens with one attached hydrogen (secondary N) is 1. The van der Waals surface area contributed by atoms with Crippen molar-refractivity contribution in [1.82, 2.24) is 19.8 Å². The van der Waals surface area contributed by atoms with Gasteiger partial charge in [-0.15, -0.1) is 0 Å². The Labute approximate surface area is 263 Å². The predicted molar refractivity (Wildman–Crippen MR) is 176 cm³/mol. The van der Waals surface area contributed by atoms with Crippen molar-refractivity contribution in [2.45, 2.75) is 31.4 Å². The molecule has 230 valence electrons. The first-order chi connectivity index (χ1) is 22.0. The van der Waals surface area contributed by atoms with Crippen LogP contribution in [0.5, 0.6) is 0 Å². The Kier molecular flexibility index (Phi) is 7.98. The van der Waals surface area contributed by atoms with E-state index < -0.39 is 11.7 Å². The molecule has 0 unspecified atom stereocenters. The number of para-hydroxylation sites is 2. The number of alkyl carbamates (subject to hydrolysis) is 1. The zero-order chi connectivity index (χ0) is 30.8. The van der Waals surface area contributed by atoms with Gasteiger partial charge in [-0.2, -0.15) is 0 Å². The van der Waals surface area contributed by atoms with Gasteiger partial charge in [0, 0.05) is 50.9 Å². The van der Waals surface area contributed by atoms with E-state index in [4.69, 9.17) is 9.72 Å². The summed E-state index contributed by atoms with van der Waals surface area (Å²) in [5.74, 6) is 0.731. The molecule has 5 aromatic rings. The Morgan fingerprint density at radius 1 is 0.844 bits per heavy atom. The molecule has 7 nitrogen and oxygen atoms in total. The zero-order valence-corrected chi connectivity index (χ0v) is 25.6. The number of fused-ring (bicyclic) bond motifs is 4. The van der Waals surface area contributed by atoms with Crippen LogP contribution in [-0.2, 0) is 23.9 Å². The maximum Gasteiger partial charge on any atom is 0.408 e. The van der Waals surface area contributed by atoms with E-state index >= 15 is 0 Å². The minimum Gasteiger partial charge on any atom is -0.433 e. The average Bonchev–Trinajstić information content (AvgIpc) is 3.55. The number of aryl methyl sites for hydroxylation is 1. The number of imidazole rings is 1. The Hall–Kier alpha value is -4.69. The number of halogens is 1. The molecule has 0 bridgehead atoms. The van der Waals surface area contributed by atoms with E-state index in [1.54, 1.807) is 12.1 Å². The van der Waals surface area contributed by atoms with Crippen LogP contribution in [0.15, 0.2) is 97.1 Å². The summed E-state index contributed by atoms with van der Waals surface area (Å²) in [6, 6.07) is 30.9. The highest BCUT2D eigenvalue weighted by Crippen LogP contribution is 2.52. The lowest BCUT2D eigenvalue weighted by molar-refractivity contribution is 0.0325. The fourth-order valence-electron chi connectivity index (χ4n) is 6.98. The second-order valence-corrected chi connectivity index (χ2v) is 12.0. The zero-order valence-electron chi connectivity index (χ0n) is 25.6. The van der Waals surface area contributed by atoms with E-state index in [9.17, 15) is 9.18 Å². The second kappa shape index (κ2) is 12.4. The van der Waals surface area contributed by atoms with Gasteiger partial charge in [0.05, 0.1) is 11.0 Å². The second-order valence-electron chi connectivity index (χ2n) is 12.0. The molecule has 8 heteroatoms. The summed E-state index contributed by atoms with van der Waals surface area (Å²) in [5.41, 5.74) is 6.40. The predicted octanol–water partition coefficient (Wildman–Crippen LogP) is 6.86. The Morgan fingerprint density at radius 3 is 2.18 bits per heavy atom. The molecule has 1 aromatic heterocycles. The normalized spacial score (nSPS) is 15.6. The lowest BCUT2D eigenvalue weighted by atomic mass is 9.86. The van der Waals surface area contributed by atoms with Crippen molar-refractivity contribution in [3.05, 3.63) is 120 Å². The first kappa shape index (κ1) is 29.0. The molecule has 0 spiro atoms. The number of carbonyl (C=O) groups excluding carboxylic acids is 1. The SMILES string of the molecule is Cn1c(N2CCN(CCCCC3(OC(=O)NCc4ccc(F)cc4)c4ccccc4-c4ccccc43)CC2)nc2ccccc21. The minimum absolute atomic E-state index is 0.263. The summed E-state index contributed by atoms with van der Waals surface area (Å²) in [4.78, 5) is 23.1. The Bertz CT molecular complexity index is 1760. The molecule has 1 aliphatic heterocycles. The molecule has 1 fully saturated rings. The molecule has 1 saturated heterocycles. The summed E-state index contributed by atoms with van der Waals surface area (Å²) >= 11 is 0. The summed E-state index contributed by atoms with van der Waals surface area (Å²) in [6.07, 6.45) is 2.10. The van der Waals surface area contributed by atoms with Crippen molar-refractivity contribution in [1.29, 1.82) is 0 Å². The molecular weight excluding hydrogens is 565 g/mol. The Balaban J connectivity index is 1.01. The maximum atomic E-state index is 13.4. The van der Waals surface area contributed by atoms with Crippen molar-refractivity contribution < 1.29 is 13.9 Å². The number of ether oxygens (including phenoxy) is 1. The molecule has 1 aliphatic carbocycles. The highest BCUT2D eigenvalue weighted by molar-refractivity contribution is 5.82. The third-order valence-electron chi connectivity index (χ3n) is 9.30. The first-order valence-corrected chi connectivity index (χ1v) is 15.8. The van der Waals surface area contributed by atoms with Crippen LogP contribution in [0.4, 0.5) is 15.1 Å². The number of benzene rings is 4. The highest BCUT2D eigenvalue weighted by Gasteiger charge is 2.46. The quantitative estimate of drug-likeness (QED) is 0.187. The fraction of sp³-hybridized carbons (Fsp3) is 0.297. The number of anilines is 1. The largest absolute Gasteiger partial charge is 0.433 e. The van der Waals surface area contributed by atoms with Crippen LogP contribution >= 0.6 is 0 Å². The van der Waals surface area contributed by atoms with E-state index in [-0.39, 0.29) is 12.4 Å². The third kappa shape index (κ3) is 5.66. The van der Waals surface area contributed by atoms with Crippen LogP contribution in [0.2, 0.25) is 0 Å². The van der Waals surface area contributed by atoms with Crippen molar-refractivity contribution in [2.24, 2.45) is 7.05 Å².